The van der Waals surface area contributed by atoms with Gasteiger partial charge in [-0.3, -0.25) is 0 Å². The quantitative estimate of drug-likeness (QED) is 0.666. The molecular weight excluding hydrogens is 340 g/mol. The number of ether oxygens (including phenoxy) is 2. The van der Waals surface area contributed by atoms with E-state index in [-0.39, 0.29) is 0 Å². The van der Waals surface area contributed by atoms with Crippen LogP contribution in [0.4, 0.5) is 11.4 Å². The number of nitrogens with zero attached hydrogens (tertiary/aromatic N) is 1. The molecule has 0 radical (unpaired) electrons. The van der Waals surface area contributed by atoms with E-state index in [0.717, 1.165) is 16.9 Å². The molecule has 134 valence electrons. The summed E-state index contributed by atoms with van der Waals surface area (Å²) in [5.74, 6) is 0.348. The first kappa shape index (κ1) is 18.0. The predicted molar refractivity (Wildman–Crippen MR) is 104 cm³/mol. The smallest absolute Gasteiger partial charge is 0.337 e. The Hall–Kier alpha value is -3.78. The van der Waals surface area contributed by atoms with Crippen molar-refractivity contribution in [2.75, 3.05) is 19.5 Å². The normalized spacial score (nSPS) is 9.96. The first-order valence-electron chi connectivity index (χ1n) is 8.28. The Morgan fingerprint density at radius 3 is 2.48 bits per heavy atom. The SMILES string of the molecule is COC(=O)c1cccc(Nc2ccc(-c3cccc(OC)c3)cc2C#N)c1. The number of nitriles is 1. The molecule has 0 unspecified atom stereocenters. The van der Waals surface area contributed by atoms with Crippen molar-refractivity contribution < 1.29 is 14.3 Å². The van der Waals surface area contributed by atoms with Gasteiger partial charge in [-0.25, -0.2) is 4.79 Å². The molecule has 0 bridgehead atoms. The molecule has 3 rings (SSSR count). The number of esters is 1. The van der Waals surface area contributed by atoms with Crippen LogP contribution in [-0.2, 0) is 4.74 Å². The van der Waals surface area contributed by atoms with Crippen molar-refractivity contribution in [2.45, 2.75) is 0 Å². The molecule has 0 aromatic heterocycles. The summed E-state index contributed by atoms with van der Waals surface area (Å²) >= 11 is 0. The molecule has 0 fully saturated rings. The molecule has 0 amide bonds. The predicted octanol–water partition coefficient (Wildman–Crippen LogP) is 4.76. The van der Waals surface area contributed by atoms with E-state index in [1.165, 1.54) is 7.11 Å². The average Bonchev–Trinajstić information content (AvgIpc) is 2.73. The number of nitrogens with one attached hydrogen (secondary N) is 1. The molecule has 0 aliphatic heterocycles. The van der Waals surface area contributed by atoms with Crippen LogP contribution in [0.15, 0.2) is 66.7 Å². The highest BCUT2D eigenvalue weighted by Crippen LogP contribution is 2.29. The highest BCUT2D eigenvalue weighted by atomic mass is 16.5. The second-order valence-corrected chi connectivity index (χ2v) is 5.80. The maximum Gasteiger partial charge on any atom is 0.337 e. The van der Waals surface area contributed by atoms with Crippen molar-refractivity contribution in [1.29, 1.82) is 5.26 Å². The fourth-order valence-electron chi connectivity index (χ4n) is 2.73. The zero-order valence-corrected chi connectivity index (χ0v) is 15.0. The third-order valence-corrected chi connectivity index (χ3v) is 4.11. The van der Waals surface area contributed by atoms with Crippen LogP contribution in [0.5, 0.6) is 5.75 Å². The van der Waals surface area contributed by atoms with E-state index in [2.05, 4.69) is 11.4 Å². The summed E-state index contributed by atoms with van der Waals surface area (Å²) in [7, 11) is 2.96. The number of anilines is 2. The first-order valence-corrected chi connectivity index (χ1v) is 8.28. The molecule has 0 aliphatic rings. The number of hydrogen-bond acceptors (Lipinski definition) is 5. The topological polar surface area (TPSA) is 71.3 Å². The molecule has 5 heteroatoms. The standard InChI is InChI=1S/C22H18N2O3/c1-26-20-8-4-5-15(13-20)16-9-10-21(18(11-16)14-23)24-19-7-3-6-17(12-19)22(25)27-2/h3-13,24H,1-2H3. The van der Waals surface area contributed by atoms with E-state index >= 15 is 0 Å². The third kappa shape index (κ3) is 4.07. The lowest BCUT2D eigenvalue weighted by atomic mass is 10.0. The lowest BCUT2D eigenvalue weighted by Crippen LogP contribution is -2.02. The minimum absolute atomic E-state index is 0.410. The summed E-state index contributed by atoms with van der Waals surface area (Å²) in [6.07, 6.45) is 0. The average molecular weight is 358 g/mol. The zero-order valence-electron chi connectivity index (χ0n) is 15.0. The molecule has 0 aliphatic carbocycles. The monoisotopic (exact) mass is 358 g/mol. The van der Waals surface area contributed by atoms with Crippen molar-refractivity contribution in [3.05, 3.63) is 77.9 Å². The molecule has 3 aromatic carbocycles. The summed E-state index contributed by atoms with van der Waals surface area (Å²) in [5.41, 5.74) is 4.17. The summed E-state index contributed by atoms with van der Waals surface area (Å²) in [5, 5.41) is 12.7. The van der Waals surface area contributed by atoms with E-state index in [9.17, 15) is 10.1 Å². The van der Waals surface area contributed by atoms with Gasteiger partial charge in [-0.1, -0.05) is 24.3 Å². The lowest BCUT2D eigenvalue weighted by molar-refractivity contribution is 0.0601. The van der Waals surface area contributed by atoms with E-state index in [4.69, 9.17) is 9.47 Å². The van der Waals surface area contributed by atoms with Crippen LogP contribution >= 0.6 is 0 Å². The van der Waals surface area contributed by atoms with E-state index in [1.54, 1.807) is 25.3 Å². The van der Waals surface area contributed by atoms with Crippen LogP contribution in [0.3, 0.4) is 0 Å². The van der Waals surface area contributed by atoms with Crippen LogP contribution < -0.4 is 10.1 Å². The largest absolute Gasteiger partial charge is 0.497 e. The minimum atomic E-state index is -0.410. The van der Waals surface area contributed by atoms with Gasteiger partial charge in [-0.15, -0.1) is 0 Å². The maximum absolute atomic E-state index is 11.7. The molecule has 1 N–H and O–H groups in total. The number of carbonyl (C=O) groups excluding carboxylic acids is 1. The summed E-state index contributed by atoms with van der Waals surface area (Å²) < 4.78 is 10.0. The minimum Gasteiger partial charge on any atom is -0.497 e. The summed E-state index contributed by atoms with van der Waals surface area (Å²) in [4.78, 5) is 11.7. The van der Waals surface area contributed by atoms with Crippen molar-refractivity contribution >= 4 is 17.3 Å². The lowest BCUT2D eigenvalue weighted by Gasteiger charge is -2.11. The molecular formula is C22H18N2O3. The molecule has 0 heterocycles. The van der Waals surface area contributed by atoms with Gasteiger partial charge < -0.3 is 14.8 Å². The van der Waals surface area contributed by atoms with Crippen LogP contribution in [0.1, 0.15) is 15.9 Å². The molecule has 0 spiro atoms. The van der Waals surface area contributed by atoms with Gasteiger partial charge in [0.1, 0.15) is 11.8 Å². The second kappa shape index (κ2) is 8.07. The number of methoxy groups -OCH3 is 2. The van der Waals surface area contributed by atoms with Gasteiger partial charge in [0.15, 0.2) is 0 Å². The highest BCUT2D eigenvalue weighted by Gasteiger charge is 2.09. The molecule has 3 aromatic rings. The molecule has 5 nitrogen and oxygen atoms in total. The summed E-state index contributed by atoms with van der Waals surface area (Å²) in [6, 6.07) is 22.4. The molecule has 0 saturated carbocycles. The second-order valence-electron chi connectivity index (χ2n) is 5.80. The summed E-state index contributed by atoms with van der Waals surface area (Å²) in [6.45, 7) is 0. The van der Waals surface area contributed by atoms with Gasteiger partial charge in [-0.05, 0) is 53.6 Å². The van der Waals surface area contributed by atoms with Crippen molar-refractivity contribution in [1.82, 2.24) is 0 Å². The van der Waals surface area contributed by atoms with Gasteiger partial charge in [0.05, 0.1) is 31.0 Å². The molecule has 0 atom stereocenters. The van der Waals surface area contributed by atoms with Crippen molar-refractivity contribution in [2.24, 2.45) is 0 Å². The first-order chi connectivity index (χ1) is 13.1. The molecule has 0 saturated heterocycles. The number of carbonyl (C=O) groups is 1. The zero-order chi connectivity index (χ0) is 19.2. The van der Waals surface area contributed by atoms with Gasteiger partial charge in [0.2, 0.25) is 0 Å². The van der Waals surface area contributed by atoms with E-state index < -0.39 is 5.97 Å². The van der Waals surface area contributed by atoms with Crippen LogP contribution in [0.25, 0.3) is 11.1 Å². The number of rotatable bonds is 5. The van der Waals surface area contributed by atoms with Crippen molar-refractivity contribution in [3.63, 3.8) is 0 Å². The fourth-order valence-corrected chi connectivity index (χ4v) is 2.73. The van der Waals surface area contributed by atoms with E-state index in [0.29, 0.717) is 22.5 Å². The highest BCUT2D eigenvalue weighted by molar-refractivity contribution is 5.90. The molecule has 27 heavy (non-hydrogen) atoms. The third-order valence-electron chi connectivity index (χ3n) is 4.11. The van der Waals surface area contributed by atoms with Crippen LogP contribution in [-0.4, -0.2) is 20.2 Å². The van der Waals surface area contributed by atoms with Crippen LogP contribution in [0.2, 0.25) is 0 Å². The van der Waals surface area contributed by atoms with Gasteiger partial charge in [0, 0.05) is 5.69 Å². The number of benzene rings is 3. The number of hydrogen-bond donors (Lipinski definition) is 1. The maximum atomic E-state index is 11.7. The Bertz CT molecular complexity index is 1020. The fraction of sp³-hybridized carbons (Fsp3) is 0.0909. The van der Waals surface area contributed by atoms with Crippen molar-refractivity contribution in [3.8, 4) is 22.9 Å². The Morgan fingerprint density at radius 1 is 0.963 bits per heavy atom. The van der Waals surface area contributed by atoms with Gasteiger partial charge >= 0.3 is 5.97 Å². The Balaban J connectivity index is 1.91. The Morgan fingerprint density at radius 2 is 1.74 bits per heavy atom. The van der Waals surface area contributed by atoms with E-state index in [1.807, 2.05) is 48.5 Å². The Labute approximate surface area is 157 Å². The Kier molecular flexibility index (Phi) is 5.38. The van der Waals surface area contributed by atoms with Gasteiger partial charge in [-0.2, -0.15) is 5.26 Å². The van der Waals surface area contributed by atoms with Gasteiger partial charge in [0.25, 0.3) is 0 Å². The van der Waals surface area contributed by atoms with Crippen LogP contribution in [0, 0.1) is 11.3 Å².